The van der Waals surface area contributed by atoms with Gasteiger partial charge in [0.05, 0.1) is 18.4 Å². The van der Waals surface area contributed by atoms with Crippen LogP contribution in [0.2, 0.25) is 0 Å². The molecule has 2 N–H and O–H groups in total. The highest BCUT2D eigenvalue weighted by Crippen LogP contribution is 2.26. The van der Waals surface area contributed by atoms with Gasteiger partial charge in [-0.15, -0.1) is 0 Å². The Morgan fingerprint density at radius 2 is 2.00 bits per heavy atom. The van der Waals surface area contributed by atoms with Crippen molar-refractivity contribution in [2.24, 2.45) is 11.8 Å². The van der Waals surface area contributed by atoms with E-state index in [1.807, 2.05) is 0 Å². The van der Waals surface area contributed by atoms with Crippen molar-refractivity contribution >= 4 is 11.9 Å². The largest absolute Gasteiger partial charge is 0.481 e. The quantitative estimate of drug-likeness (QED) is 0.765. The summed E-state index contributed by atoms with van der Waals surface area (Å²) >= 11 is 0. The van der Waals surface area contributed by atoms with Gasteiger partial charge in [-0.2, -0.15) is 0 Å². The average molecular weight is 241 g/mol. The molecule has 0 spiro atoms. The number of carbonyl (C=O) groups excluding carboxylic acids is 1. The van der Waals surface area contributed by atoms with Crippen molar-refractivity contribution < 1.29 is 19.4 Å². The predicted molar refractivity (Wildman–Crippen MR) is 60.5 cm³/mol. The lowest BCUT2D eigenvalue weighted by Crippen LogP contribution is -2.44. The molecule has 5 heteroatoms. The highest BCUT2D eigenvalue weighted by Gasteiger charge is 2.35. The van der Waals surface area contributed by atoms with Crippen LogP contribution >= 0.6 is 0 Å². The average Bonchev–Trinajstić information content (AvgIpc) is 2.78. The van der Waals surface area contributed by atoms with Gasteiger partial charge in [0.1, 0.15) is 0 Å². The molecule has 1 saturated carbocycles. The lowest BCUT2D eigenvalue weighted by atomic mass is 9.99. The lowest BCUT2D eigenvalue weighted by Gasteiger charge is -2.24. The van der Waals surface area contributed by atoms with Gasteiger partial charge in [-0.3, -0.25) is 9.59 Å². The normalized spacial score (nSPS) is 33.3. The number of ether oxygens (including phenoxy) is 1. The summed E-state index contributed by atoms with van der Waals surface area (Å²) in [5, 5.41) is 11.9. The maximum absolute atomic E-state index is 11.9. The number of aliphatic carboxylic acids is 1. The van der Waals surface area contributed by atoms with E-state index in [9.17, 15) is 9.59 Å². The summed E-state index contributed by atoms with van der Waals surface area (Å²) in [6, 6.07) is -0.193. The Balaban J connectivity index is 1.86. The first-order valence-corrected chi connectivity index (χ1v) is 6.29. The van der Waals surface area contributed by atoms with E-state index < -0.39 is 11.9 Å². The number of carboxylic acids is 1. The fourth-order valence-electron chi connectivity index (χ4n) is 2.68. The standard InChI is InChI=1S/C12H19NO4/c14-11(8-3-2-6-17-7-8)13-10-5-1-4-9(10)12(15)16/h8-10H,1-7H2,(H,13,14)(H,15,16). The van der Waals surface area contributed by atoms with Crippen molar-refractivity contribution in [1.82, 2.24) is 5.32 Å². The first-order valence-electron chi connectivity index (χ1n) is 6.29. The maximum atomic E-state index is 11.9. The molecule has 0 bridgehead atoms. The number of amides is 1. The van der Waals surface area contributed by atoms with E-state index in [0.29, 0.717) is 13.0 Å². The monoisotopic (exact) mass is 241 g/mol. The van der Waals surface area contributed by atoms with Crippen molar-refractivity contribution in [3.05, 3.63) is 0 Å². The summed E-state index contributed by atoms with van der Waals surface area (Å²) in [7, 11) is 0. The molecule has 1 aliphatic heterocycles. The van der Waals surface area contributed by atoms with Gasteiger partial charge in [0, 0.05) is 12.6 Å². The number of hydrogen-bond donors (Lipinski definition) is 2. The number of carbonyl (C=O) groups is 2. The molecule has 1 aliphatic carbocycles. The zero-order valence-corrected chi connectivity index (χ0v) is 9.85. The molecule has 5 nitrogen and oxygen atoms in total. The van der Waals surface area contributed by atoms with Crippen molar-refractivity contribution in [1.29, 1.82) is 0 Å². The molecule has 0 aromatic heterocycles. The number of rotatable bonds is 3. The Bertz CT molecular complexity index is 299. The summed E-state index contributed by atoms with van der Waals surface area (Å²) in [6.07, 6.45) is 4.07. The van der Waals surface area contributed by atoms with E-state index in [4.69, 9.17) is 9.84 Å². The van der Waals surface area contributed by atoms with Crippen molar-refractivity contribution in [3.63, 3.8) is 0 Å². The van der Waals surface area contributed by atoms with Crippen LogP contribution in [0.5, 0.6) is 0 Å². The number of nitrogens with one attached hydrogen (secondary N) is 1. The van der Waals surface area contributed by atoms with E-state index in [2.05, 4.69) is 5.32 Å². The van der Waals surface area contributed by atoms with Gasteiger partial charge in [0.25, 0.3) is 0 Å². The number of hydrogen-bond acceptors (Lipinski definition) is 3. The van der Waals surface area contributed by atoms with Crippen LogP contribution < -0.4 is 5.32 Å². The summed E-state index contributed by atoms with van der Waals surface area (Å²) in [5.41, 5.74) is 0. The molecule has 17 heavy (non-hydrogen) atoms. The van der Waals surface area contributed by atoms with Gasteiger partial charge in [-0.05, 0) is 25.7 Å². The van der Waals surface area contributed by atoms with Crippen LogP contribution in [-0.2, 0) is 14.3 Å². The molecule has 0 radical (unpaired) electrons. The van der Waals surface area contributed by atoms with E-state index in [0.717, 1.165) is 32.3 Å². The Labute approximate surface area is 101 Å². The molecule has 2 aliphatic rings. The maximum Gasteiger partial charge on any atom is 0.308 e. The molecular weight excluding hydrogens is 222 g/mol. The third kappa shape index (κ3) is 2.97. The van der Waals surface area contributed by atoms with Gasteiger partial charge in [-0.1, -0.05) is 6.42 Å². The van der Waals surface area contributed by atoms with Gasteiger partial charge in [-0.25, -0.2) is 0 Å². The zero-order chi connectivity index (χ0) is 12.3. The minimum atomic E-state index is -0.798. The lowest BCUT2D eigenvalue weighted by molar-refractivity contribution is -0.142. The molecule has 1 saturated heterocycles. The second kappa shape index (κ2) is 5.49. The van der Waals surface area contributed by atoms with Crippen LogP contribution in [0.15, 0.2) is 0 Å². The molecule has 1 heterocycles. The molecule has 3 unspecified atom stereocenters. The second-order valence-electron chi connectivity index (χ2n) is 4.90. The highest BCUT2D eigenvalue weighted by atomic mass is 16.5. The van der Waals surface area contributed by atoms with Gasteiger partial charge in [0.2, 0.25) is 5.91 Å². The smallest absolute Gasteiger partial charge is 0.308 e. The summed E-state index contributed by atoms with van der Waals surface area (Å²) in [6.45, 7) is 1.20. The fraction of sp³-hybridized carbons (Fsp3) is 0.833. The van der Waals surface area contributed by atoms with Crippen LogP contribution in [0.1, 0.15) is 32.1 Å². The molecule has 3 atom stereocenters. The molecule has 2 fully saturated rings. The molecule has 0 aromatic rings. The Kier molecular flexibility index (Phi) is 3.99. The minimum absolute atomic E-state index is 0.0390. The molecule has 0 aromatic carbocycles. The van der Waals surface area contributed by atoms with E-state index >= 15 is 0 Å². The predicted octanol–water partition coefficient (Wildman–Crippen LogP) is 0.782. The molecule has 1 amide bonds. The van der Waals surface area contributed by atoms with Gasteiger partial charge < -0.3 is 15.2 Å². The van der Waals surface area contributed by atoms with Crippen LogP contribution in [0, 0.1) is 11.8 Å². The highest BCUT2D eigenvalue weighted by molar-refractivity contribution is 5.80. The number of carboxylic acid groups (broad SMARTS) is 1. The van der Waals surface area contributed by atoms with E-state index in [1.165, 1.54) is 0 Å². The van der Waals surface area contributed by atoms with Crippen molar-refractivity contribution in [2.75, 3.05) is 13.2 Å². The Morgan fingerprint density at radius 3 is 2.65 bits per heavy atom. The zero-order valence-electron chi connectivity index (χ0n) is 9.85. The van der Waals surface area contributed by atoms with Crippen molar-refractivity contribution in [3.8, 4) is 0 Å². The van der Waals surface area contributed by atoms with Crippen molar-refractivity contribution in [2.45, 2.75) is 38.1 Å². The first kappa shape index (κ1) is 12.4. The summed E-state index contributed by atoms with van der Waals surface area (Å²) < 4.78 is 5.26. The first-order chi connectivity index (χ1) is 8.18. The third-order valence-electron chi connectivity index (χ3n) is 3.69. The SMILES string of the molecule is O=C(NC1CCCC1C(=O)O)C1CCCOC1. The van der Waals surface area contributed by atoms with Crippen LogP contribution in [0.3, 0.4) is 0 Å². The van der Waals surface area contributed by atoms with Gasteiger partial charge >= 0.3 is 5.97 Å². The summed E-state index contributed by atoms with van der Waals surface area (Å²) in [5.74, 6) is -1.35. The second-order valence-corrected chi connectivity index (χ2v) is 4.90. The van der Waals surface area contributed by atoms with Crippen LogP contribution in [0.25, 0.3) is 0 Å². The van der Waals surface area contributed by atoms with E-state index in [-0.39, 0.29) is 17.9 Å². The van der Waals surface area contributed by atoms with Crippen LogP contribution in [-0.4, -0.2) is 36.2 Å². The van der Waals surface area contributed by atoms with Gasteiger partial charge in [0.15, 0.2) is 0 Å². The molecule has 96 valence electrons. The van der Waals surface area contributed by atoms with E-state index in [1.54, 1.807) is 0 Å². The third-order valence-corrected chi connectivity index (χ3v) is 3.69. The Morgan fingerprint density at radius 1 is 1.18 bits per heavy atom. The minimum Gasteiger partial charge on any atom is -0.481 e. The fourth-order valence-corrected chi connectivity index (χ4v) is 2.68. The summed E-state index contributed by atoms with van der Waals surface area (Å²) in [4.78, 5) is 22.9. The topological polar surface area (TPSA) is 75.6 Å². The Hall–Kier alpha value is -1.10. The molecule has 2 rings (SSSR count). The van der Waals surface area contributed by atoms with Crippen LogP contribution in [0.4, 0.5) is 0 Å². The molecular formula is C12H19NO4.